The standard InChI is InChI=1S/C20H34FN5O2/c1-4-26(11-14-5-7-20(2,3)28-12-14)19-17(21)18(24-13-25-19)23-9-15-6-8-22-10-16(15)27/h13-16,22,27H,4-12H2,1-3H3,(H,23,24,25)/t14-,15+,16-/m1/s1. The Morgan fingerprint density at radius 3 is 2.89 bits per heavy atom. The van der Waals surface area contributed by atoms with E-state index in [9.17, 15) is 5.11 Å². The summed E-state index contributed by atoms with van der Waals surface area (Å²) in [5.74, 6) is 0.559. The summed E-state index contributed by atoms with van der Waals surface area (Å²) in [5, 5.41) is 16.3. The fourth-order valence-corrected chi connectivity index (χ4v) is 3.94. The molecule has 0 unspecified atom stereocenters. The Hall–Kier alpha value is -1.51. The van der Waals surface area contributed by atoms with Gasteiger partial charge in [0, 0.05) is 32.1 Å². The number of rotatable bonds is 7. The van der Waals surface area contributed by atoms with Crippen LogP contribution in [0.1, 0.15) is 40.0 Å². The van der Waals surface area contributed by atoms with Crippen LogP contribution in [0, 0.1) is 17.7 Å². The number of ether oxygens (including phenoxy) is 1. The highest BCUT2D eigenvalue weighted by Gasteiger charge is 2.29. The molecule has 1 aromatic heterocycles. The lowest BCUT2D eigenvalue weighted by Crippen LogP contribution is -2.43. The molecule has 1 aromatic rings. The number of anilines is 2. The molecule has 0 saturated carbocycles. The van der Waals surface area contributed by atoms with Gasteiger partial charge in [-0.2, -0.15) is 4.39 Å². The van der Waals surface area contributed by atoms with Crippen molar-refractivity contribution in [3.05, 3.63) is 12.1 Å². The maximum Gasteiger partial charge on any atom is 0.207 e. The molecule has 28 heavy (non-hydrogen) atoms. The third kappa shape index (κ3) is 5.30. The summed E-state index contributed by atoms with van der Waals surface area (Å²) in [6.45, 7) is 10.2. The minimum absolute atomic E-state index is 0.0655. The molecule has 0 aromatic carbocycles. The summed E-state index contributed by atoms with van der Waals surface area (Å²) >= 11 is 0. The minimum Gasteiger partial charge on any atom is -0.391 e. The topological polar surface area (TPSA) is 82.5 Å². The maximum atomic E-state index is 15.1. The van der Waals surface area contributed by atoms with Crippen molar-refractivity contribution in [3.8, 4) is 0 Å². The highest BCUT2D eigenvalue weighted by molar-refractivity contribution is 5.50. The van der Waals surface area contributed by atoms with E-state index in [1.807, 2.05) is 11.8 Å². The first-order chi connectivity index (χ1) is 13.4. The first kappa shape index (κ1) is 21.2. The number of β-amino-alcohol motifs (C(OH)–C–C–N with tert-alkyl or cyclic N) is 1. The predicted molar refractivity (Wildman–Crippen MR) is 108 cm³/mol. The zero-order chi connectivity index (χ0) is 20.1. The van der Waals surface area contributed by atoms with E-state index < -0.39 is 11.9 Å². The Balaban J connectivity index is 1.63. The van der Waals surface area contributed by atoms with E-state index >= 15 is 4.39 Å². The Morgan fingerprint density at radius 2 is 2.21 bits per heavy atom. The lowest BCUT2D eigenvalue weighted by molar-refractivity contribution is -0.0747. The fraction of sp³-hybridized carbons (Fsp3) is 0.800. The second kappa shape index (κ2) is 9.33. The summed E-state index contributed by atoms with van der Waals surface area (Å²) in [5.41, 5.74) is -0.0655. The Bertz CT molecular complexity index is 635. The van der Waals surface area contributed by atoms with Crippen molar-refractivity contribution in [2.45, 2.75) is 51.7 Å². The minimum atomic E-state index is -0.426. The highest BCUT2D eigenvalue weighted by Crippen LogP contribution is 2.29. The van der Waals surface area contributed by atoms with Crippen molar-refractivity contribution in [2.24, 2.45) is 11.8 Å². The fourth-order valence-electron chi connectivity index (χ4n) is 3.94. The molecular weight excluding hydrogens is 361 g/mol. The number of nitrogens with zero attached hydrogens (tertiary/aromatic N) is 3. The second-order valence-electron chi connectivity index (χ2n) is 8.58. The molecule has 0 aliphatic carbocycles. The monoisotopic (exact) mass is 395 g/mol. The van der Waals surface area contributed by atoms with Crippen LogP contribution < -0.4 is 15.5 Å². The van der Waals surface area contributed by atoms with Gasteiger partial charge in [-0.05, 0) is 52.5 Å². The van der Waals surface area contributed by atoms with Gasteiger partial charge in [-0.15, -0.1) is 0 Å². The molecule has 0 radical (unpaired) electrons. The molecule has 2 aliphatic heterocycles. The number of aromatic nitrogens is 2. The van der Waals surface area contributed by atoms with Crippen molar-refractivity contribution in [1.29, 1.82) is 0 Å². The number of hydrogen-bond acceptors (Lipinski definition) is 7. The van der Waals surface area contributed by atoms with E-state index in [0.717, 1.165) is 25.8 Å². The van der Waals surface area contributed by atoms with Crippen LogP contribution in [0.5, 0.6) is 0 Å². The molecule has 2 saturated heterocycles. The molecule has 3 rings (SSSR count). The third-order valence-electron chi connectivity index (χ3n) is 5.92. The van der Waals surface area contributed by atoms with E-state index in [1.54, 1.807) is 0 Å². The van der Waals surface area contributed by atoms with Crippen molar-refractivity contribution in [1.82, 2.24) is 15.3 Å². The summed E-state index contributed by atoms with van der Waals surface area (Å²) in [6.07, 6.45) is 3.91. The van der Waals surface area contributed by atoms with Crippen LogP contribution >= 0.6 is 0 Å². The molecule has 2 aliphatic rings. The van der Waals surface area contributed by atoms with Gasteiger partial charge in [0.05, 0.1) is 18.3 Å². The number of hydrogen-bond donors (Lipinski definition) is 3. The van der Waals surface area contributed by atoms with Crippen LogP contribution in [0.2, 0.25) is 0 Å². The Labute approximate surface area is 167 Å². The summed E-state index contributed by atoms with van der Waals surface area (Å²) < 4.78 is 21.0. The number of aliphatic hydroxyl groups excluding tert-OH is 1. The molecule has 3 heterocycles. The second-order valence-corrected chi connectivity index (χ2v) is 8.58. The van der Waals surface area contributed by atoms with Crippen molar-refractivity contribution in [2.75, 3.05) is 49.5 Å². The molecule has 8 heteroatoms. The van der Waals surface area contributed by atoms with E-state index in [2.05, 4.69) is 34.4 Å². The van der Waals surface area contributed by atoms with E-state index in [0.29, 0.717) is 44.5 Å². The molecule has 2 fully saturated rings. The van der Waals surface area contributed by atoms with E-state index in [-0.39, 0.29) is 17.3 Å². The zero-order valence-corrected chi connectivity index (χ0v) is 17.2. The molecule has 0 spiro atoms. The quantitative estimate of drug-likeness (QED) is 0.652. The molecule has 0 bridgehead atoms. The zero-order valence-electron chi connectivity index (χ0n) is 17.2. The molecule has 0 amide bonds. The van der Waals surface area contributed by atoms with Gasteiger partial charge < -0.3 is 25.4 Å². The molecule has 3 N–H and O–H groups in total. The van der Waals surface area contributed by atoms with Gasteiger partial charge in [0.2, 0.25) is 5.82 Å². The molecule has 158 valence electrons. The normalized spacial score (nSPS) is 27.4. The molecule has 3 atom stereocenters. The van der Waals surface area contributed by atoms with E-state index in [4.69, 9.17) is 4.74 Å². The molecule has 7 nitrogen and oxygen atoms in total. The summed E-state index contributed by atoms with van der Waals surface area (Å²) in [6, 6.07) is 0. The van der Waals surface area contributed by atoms with Crippen LogP contribution in [0.4, 0.5) is 16.0 Å². The van der Waals surface area contributed by atoms with Gasteiger partial charge >= 0.3 is 0 Å². The molecular formula is C20H34FN5O2. The number of nitrogens with one attached hydrogen (secondary N) is 2. The van der Waals surface area contributed by atoms with Crippen LogP contribution in [0.3, 0.4) is 0 Å². The Morgan fingerprint density at radius 1 is 1.39 bits per heavy atom. The number of halogens is 1. The average Bonchev–Trinajstić information content (AvgIpc) is 2.68. The smallest absolute Gasteiger partial charge is 0.207 e. The van der Waals surface area contributed by atoms with Crippen LogP contribution in [-0.2, 0) is 4.74 Å². The third-order valence-corrected chi connectivity index (χ3v) is 5.92. The van der Waals surface area contributed by atoms with Crippen molar-refractivity contribution < 1.29 is 14.2 Å². The lowest BCUT2D eigenvalue weighted by Gasteiger charge is -2.37. The van der Waals surface area contributed by atoms with Crippen LogP contribution in [-0.4, -0.2) is 66.1 Å². The Kier molecular flexibility index (Phi) is 7.06. The van der Waals surface area contributed by atoms with Crippen LogP contribution in [0.25, 0.3) is 0 Å². The van der Waals surface area contributed by atoms with E-state index in [1.165, 1.54) is 6.33 Å². The van der Waals surface area contributed by atoms with Gasteiger partial charge in [-0.25, -0.2) is 9.97 Å². The number of piperidine rings is 1. The average molecular weight is 396 g/mol. The van der Waals surface area contributed by atoms with Gasteiger partial charge in [0.1, 0.15) is 6.33 Å². The van der Waals surface area contributed by atoms with Crippen molar-refractivity contribution in [3.63, 3.8) is 0 Å². The first-order valence-corrected chi connectivity index (χ1v) is 10.4. The maximum absolute atomic E-state index is 15.1. The SMILES string of the molecule is CCN(C[C@H]1CCC(C)(C)OC1)c1ncnc(NC[C@@H]2CCNC[C@H]2O)c1F. The largest absolute Gasteiger partial charge is 0.391 e. The summed E-state index contributed by atoms with van der Waals surface area (Å²) in [7, 11) is 0. The first-order valence-electron chi connectivity index (χ1n) is 10.4. The highest BCUT2D eigenvalue weighted by atomic mass is 19.1. The van der Waals surface area contributed by atoms with Crippen LogP contribution in [0.15, 0.2) is 6.33 Å². The van der Waals surface area contributed by atoms with Crippen molar-refractivity contribution >= 4 is 11.6 Å². The van der Waals surface area contributed by atoms with Gasteiger partial charge in [-0.3, -0.25) is 0 Å². The van der Waals surface area contributed by atoms with Gasteiger partial charge in [-0.1, -0.05) is 0 Å². The lowest BCUT2D eigenvalue weighted by atomic mass is 9.91. The van der Waals surface area contributed by atoms with Gasteiger partial charge in [0.15, 0.2) is 11.6 Å². The summed E-state index contributed by atoms with van der Waals surface area (Å²) in [4.78, 5) is 10.3. The number of aliphatic hydroxyl groups is 1. The van der Waals surface area contributed by atoms with Gasteiger partial charge in [0.25, 0.3) is 0 Å². The predicted octanol–water partition coefficient (Wildman–Crippen LogP) is 2.03.